The number of amides is 1. The molecular weight excluding hydrogens is 560 g/mol. The van der Waals surface area contributed by atoms with Gasteiger partial charge in [0, 0.05) is 23.6 Å². The number of aromatic amines is 1. The lowest BCUT2D eigenvalue weighted by molar-refractivity contribution is -0.141. The van der Waals surface area contributed by atoms with Gasteiger partial charge in [-0.05, 0) is 48.4 Å². The molecule has 4 bridgehead atoms. The summed E-state index contributed by atoms with van der Waals surface area (Å²) in [6.07, 6.45) is 1.65. The highest BCUT2D eigenvalue weighted by atomic mass is 16.5. The SMILES string of the molecule is CCC(O)(CC)C(=O)CC1Cc2ccc3c(c2)C2(c4ccccc4N[C@H]2O3)c2oc(nc2-c2ncn[nH]2)[C@H](C(C)C)NC1=O. The van der Waals surface area contributed by atoms with Crippen molar-refractivity contribution in [2.45, 2.75) is 76.7 Å². The molecule has 1 amide bonds. The highest BCUT2D eigenvalue weighted by molar-refractivity contribution is 5.92. The Bertz CT molecular complexity index is 1740. The number of anilines is 1. The maximum Gasteiger partial charge on any atom is 0.224 e. The summed E-state index contributed by atoms with van der Waals surface area (Å²) in [4.78, 5) is 36.9. The molecule has 44 heavy (non-hydrogen) atoms. The molecule has 0 fully saturated rings. The van der Waals surface area contributed by atoms with Crippen LogP contribution in [0, 0.1) is 11.8 Å². The van der Waals surface area contributed by atoms with E-state index in [-0.39, 0.29) is 36.9 Å². The Morgan fingerprint density at radius 2 is 1.93 bits per heavy atom. The maximum atomic E-state index is 14.0. The Morgan fingerprint density at radius 1 is 1.14 bits per heavy atom. The molecule has 7 rings (SSSR count). The van der Waals surface area contributed by atoms with E-state index in [1.54, 1.807) is 13.8 Å². The fraction of sp³-hybridized carbons (Fsp3) is 0.424. The second-order valence-electron chi connectivity index (χ2n) is 12.4. The second kappa shape index (κ2) is 10.3. The minimum absolute atomic E-state index is 0.0965. The van der Waals surface area contributed by atoms with Gasteiger partial charge in [0.05, 0.1) is 0 Å². The van der Waals surface area contributed by atoms with E-state index in [0.717, 1.165) is 22.4 Å². The first-order valence-corrected chi connectivity index (χ1v) is 15.3. The quantitative estimate of drug-likeness (QED) is 0.242. The number of nitrogens with zero attached hydrogens (tertiary/aromatic N) is 3. The molecule has 11 heteroatoms. The lowest BCUT2D eigenvalue weighted by atomic mass is 9.72. The first kappa shape index (κ1) is 28.3. The zero-order chi connectivity index (χ0) is 30.8. The molecule has 0 saturated carbocycles. The molecule has 11 nitrogen and oxygen atoms in total. The third-order valence-corrected chi connectivity index (χ3v) is 9.59. The minimum Gasteiger partial charge on any atom is -0.469 e. The monoisotopic (exact) mass is 596 g/mol. The van der Waals surface area contributed by atoms with Gasteiger partial charge in [0.15, 0.2) is 29.3 Å². The number of aliphatic hydroxyl groups is 1. The number of nitrogens with one attached hydrogen (secondary N) is 3. The smallest absolute Gasteiger partial charge is 0.224 e. The van der Waals surface area contributed by atoms with Crippen molar-refractivity contribution in [2.75, 3.05) is 5.32 Å². The van der Waals surface area contributed by atoms with Gasteiger partial charge in [0.25, 0.3) is 0 Å². The number of ketones is 1. The van der Waals surface area contributed by atoms with E-state index in [1.165, 1.54) is 6.33 Å². The van der Waals surface area contributed by atoms with Gasteiger partial charge < -0.3 is 24.9 Å². The highest BCUT2D eigenvalue weighted by Gasteiger charge is 2.61. The van der Waals surface area contributed by atoms with Crippen LogP contribution in [0.1, 0.15) is 81.3 Å². The van der Waals surface area contributed by atoms with Gasteiger partial charge in [-0.1, -0.05) is 58.0 Å². The van der Waals surface area contributed by atoms with Crippen LogP contribution in [0.15, 0.2) is 53.2 Å². The van der Waals surface area contributed by atoms with Crippen LogP contribution in [-0.4, -0.2) is 48.8 Å². The van der Waals surface area contributed by atoms with Crippen LogP contribution in [0.5, 0.6) is 5.75 Å². The lowest BCUT2D eigenvalue weighted by Gasteiger charge is -2.29. The van der Waals surface area contributed by atoms with E-state index in [2.05, 4.69) is 31.9 Å². The third kappa shape index (κ3) is 4.09. The molecular formula is C33H36N6O5. The summed E-state index contributed by atoms with van der Waals surface area (Å²) in [5.41, 5.74) is 1.68. The number of carbonyl (C=O) groups excluding carboxylic acids is 2. The molecule has 2 aromatic carbocycles. The van der Waals surface area contributed by atoms with Crippen molar-refractivity contribution in [3.05, 3.63) is 77.1 Å². The van der Waals surface area contributed by atoms with Gasteiger partial charge in [0.1, 0.15) is 29.1 Å². The van der Waals surface area contributed by atoms with E-state index >= 15 is 0 Å². The zero-order valence-corrected chi connectivity index (χ0v) is 25.2. The van der Waals surface area contributed by atoms with Gasteiger partial charge in [-0.2, -0.15) is 5.10 Å². The van der Waals surface area contributed by atoms with Gasteiger partial charge in [0.2, 0.25) is 11.8 Å². The number of benzene rings is 2. The van der Waals surface area contributed by atoms with Crippen molar-refractivity contribution in [2.24, 2.45) is 11.8 Å². The maximum absolute atomic E-state index is 14.0. The molecule has 0 aliphatic carbocycles. The Morgan fingerprint density at radius 3 is 2.66 bits per heavy atom. The summed E-state index contributed by atoms with van der Waals surface area (Å²) in [6, 6.07) is 13.3. The zero-order valence-electron chi connectivity index (χ0n) is 25.2. The molecule has 2 unspecified atom stereocenters. The van der Waals surface area contributed by atoms with Gasteiger partial charge >= 0.3 is 0 Å². The molecule has 5 heterocycles. The van der Waals surface area contributed by atoms with E-state index in [0.29, 0.717) is 35.3 Å². The molecule has 1 spiro atoms. The standard InChI is InChI=1S/C33H36N6O5/c1-5-32(42,6-2)24(40)15-19-13-18-11-12-23-21(14-18)33(20-9-7-8-10-22(20)36-31(33)43-23)27-26(28-34-16-35-39-28)38-30(44-27)25(17(3)4)37-29(19)41/h7-12,14,16-17,19,25,31,36,42H,5-6,13,15H2,1-4H3,(H,37,41)(H,34,35,39)/t19?,25-,31-,33?/m0/s1. The Hall–Kier alpha value is -4.51. The van der Waals surface area contributed by atoms with E-state index in [4.69, 9.17) is 14.1 Å². The van der Waals surface area contributed by atoms with Crippen molar-refractivity contribution in [1.29, 1.82) is 0 Å². The number of para-hydroxylation sites is 1. The molecule has 0 radical (unpaired) electrons. The fourth-order valence-electron chi connectivity index (χ4n) is 6.96. The summed E-state index contributed by atoms with van der Waals surface area (Å²) in [5, 5.41) is 24.8. The fourth-order valence-corrected chi connectivity index (χ4v) is 6.96. The predicted octanol–water partition coefficient (Wildman–Crippen LogP) is 4.43. The third-order valence-electron chi connectivity index (χ3n) is 9.59. The van der Waals surface area contributed by atoms with Gasteiger partial charge in [-0.3, -0.25) is 14.7 Å². The van der Waals surface area contributed by atoms with Crippen LogP contribution >= 0.6 is 0 Å². The van der Waals surface area contributed by atoms with Crippen LogP contribution in [0.25, 0.3) is 11.5 Å². The number of fused-ring (bicyclic) bond motifs is 4. The summed E-state index contributed by atoms with van der Waals surface area (Å²) >= 11 is 0. The number of hydrogen-bond acceptors (Lipinski definition) is 9. The predicted molar refractivity (Wildman–Crippen MR) is 161 cm³/mol. The van der Waals surface area contributed by atoms with Crippen molar-refractivity contribution in [3.8, 4) is 17.3 Å². The first-order chi connectivity index (χ1) is 21.2. The number of rotatable bonds is 7. The number of oxazole rings is 1. The Labute approximate surface area is 254 Å². The average Bonchev–Trinajstić information content (AvgIpc) is 3.80. The molecule has 4 aromatic rings. The number of carbonyl (C=O) groups is 2. The Balaban J connectivity index is 1.47. The Kier molecular flexibility index (Phi) is 6.61. The van der Waals surface area contributed by atoms with Crippen LogP contribution in [0.2, 0.25) is 0 Å². The molecule has 3 aliphatic heterocycles. The molecule has 2 aromatic heterocycles. The molecule has 4 N–H and O–H groups in total. The van der Waals surface area contributed by atoms with Crippen LogP contribution in [0.4, 0.5) is 5.69 Å². The van der Waals surface area contributed by atoms with Crippen LogP contribution < -0.4 is 15.4 Å². The first-order valence-electron chi connectivity index (χ1n) is 15.3. The molecule has 4 atom stereocenters. The number of H-pyrrole nitrogens is 1. The van der Waals surface area contributed by atoms with E-state index < -0.39 is 29.2 Å². The minimum atomic E-state index is -1.48. The number of Topliss-reactive ketones (excluding diaryl/α,β-unsaturated/α-hetero) is 1. The summed E-state index contributed by atoms with van der Waals surface area (Å²) in [6.45, 7) is 7.53. The van der Waals surface area contributed by atoms with Crippen LogP contribution in [0.3, 0.4) is 0 Å². The van der Waals surface area contributed by atoms with Gasteiger partial charge in [-0.15, -0.1) is 0 Å². The molecule has 228 valence electrons. The summed E-state index contributed by atoms with van der Waals surface area (Å²) < 4.78 is 13.4. The topological polar surface area (TPSA) is 155 Å². The normalized spacial score (nSPS) is 23.6. The average molecular weight is 597 g/mol. The highest BCUT2D eigenvalue weighted by Crippen LogP contribution is 2.59. The lowest BCUT2D eigenvalue weighted by Crippen LogP contribution is -2.43. The number of aromatic nitrogens is 4. The molecule has 3 aliphatic rings. The summed E-state index contributed by atoms with van der Waals surface area (Å²) in [7, 11) is 0. The van der Waals surface area contributed by atoms with Crippen molar-refractivity contribution < 1.29 is 23.8 Å². The van der Waals surface area contributed by atoms with E-state index in [9.17, 15) is 14.7 Å². The van der Waals surface area contributed by atoms with Crippen molar-refractivity contribution in [3.63, 3.8) is 0 Å². The van der Waals surface area contributed by atoms with Gasteiger partial charge in [-0.25, -0.2) is 9.97 Å². The number of hydrogen-bond donors (Lipinski definition) is 4. The summed E-state index contributed by atoms with van der Waals surface area (Å²) in [5.74, 6) is 0.503. The van der Waals surface area contributed by atoms with Crippen molar-refractivity contribution in [1.82, 2.24) is 25.5 Å². The van der Waals surface area contributed by atoms with Crippen molar-refractivity contribution >= 4 is 17.4 Å². The number of ether oxygens (including phenoxy) is 1. The second-order valence-corrected chi connectivity index (χ2v) is 12.4. The molecule has 0 saturated heterocycles. The van der Waals surface area contributed by atoms with E-state index in [1.807, 2.05) is 50.2 Å². The van der Waals surface area contributed by atoms with Crippen LogP contribution in [-0.2, 0) is 21.4 Å². The largest absolute Gasteiger partial charge is 0.469 e.